The van der Waals surface area contributed by atoms with E-state index < -0.39 is 11.4 Å². The molecular formula is C20H15F2N5O2S. The average molecular weight is 427 g/mol. The number of aromatic nitrogens is 4. The molecule has 1 N–H and O–H groups in total. The van der Waals surface area contributed by atoms with E-state index in [9.17, 15) is 18.4 Å². The van der Waals surface area contributed by atoms with Crippen LogP contribution >= 0.6 is 11.8 Å². The molecule has 10 heteroatoms. The van der Waals surface area contributed by atoms with Crippen molar-refractivity contribution in [1.82, 2.24) is 24.5 Å². The quantitative estimate of drug-likeness (QED) is 0.479. The van der Waals surface area contributed by atoms with Crippen LogP contribution in [0.4, 0.5) is 8.78 Å². The number of nitrogens with one attached hydrogen (secondary N) is 1. The standard InChI is InChI=1S/C20H15F2N5O2S/c21-14-6-4-13(5-7-14)11-23-17(28)12-30-20-25-24-18-19(29)26(8-9-27(18)20)16-3-1-2-15(22)10-16/h1-10H,11-12H2,(H,23,28). The molecule has 0 fully saturated rings. The monoisotopic (exact) mass is 427 g/mol. The Hall–Kier alpha value is -3.53. The van der Waals surface area contributed by atoms with E-state index in [2.05, 4.69) is 15.5 Å². The summed E-state index contributed by atoms with van der Waals surface area (Å²) in [5.41, 5.74) is 0.764. The number of halogens is 2. The second-order valence-corrected chi connectivity index (χ2v) is 7.26. The van der Waals surface area contributed by atoms with Crippen LogP contribution in [0, 0.1) is 11.6 Å². The first-order valence-corrected chi connectivity index (χ1v) is 9.86. The van der Waals surface area contributed by atoms with Crippen LogP contribution in [-0.4, -0.2) is 30.8 Å². The zero-order valence-corrected chi connectivity index (χ0v) is 16.3. The molecule has 0 aliphatic rings. The Bertz CT molecular complexity index is 1270. The lowest BCUT2D eigenvalue weighted by Gasteiger charge is -2.07. The summed E-state index contributed by atoms with van der Waals surface area (Å²) in [4.78, 5) is 24.8. The molecule has 0 unspecified atom stereocenters. The number of benzene rings is 2. The fourth-order valence-electron chi connectivity index (χ4n) is 2.78. The minimum atomic E-state index is -0.455. The van der Waals surface area contributed by atoms with Crippen LogP contribution in [0.3, 0.4) is 0 Å². The topological polar surface area (TPSA) is 81.3 Å². The van der Waals surface area contributed by atoms with Crippen LogP contribution in [-0.2, 0) is 11.3 Å². The molecule has 7 nitrogen and oxygen atoms in total. The van der Waals surface area contributed by atoms with Crippen molar-refractivity contribution < 1.29 is 13.6 Å². The van der Waals surface area contributed by atoms with Crippen LogP contribution in [0.2, 0.25) is 0 Å². The van der Waals surface area contributed by atoms with E-state index in [1.807, 2.05) is 0 Å². The Labute approximate surface area is 173 Å². The second kappa shape index (κ2) is 8.46. The van der Waals surface area contributed by atoms with E-state index in [0.717, 1.165) is 17.3 Å². The molecule has 4 aromatic rings. The van der Waals surface area contributed by atoms with Gasteiger partial charge in [-0.15, -0.1) is 10.2 Å². The third-order valence-corrected chi connectivity index (χ3v) is 5.20. The van der Waals surface area contributed by atoms with Gasteiger partial charge in [-0.1, -0.05) is 30.0 Å². The zero-order valence-electron chi connectivity index (χ0n) is 15.5. The predicted molar refractivity (Wildman–Crippen MR) is 108 cm³/mol. The maximum absolute atomic E-state index is 13.5. The fraction of sp³-hybridized carbons (Fsp3) is 0.100. The summed E-state index contributed by atoms with van der Waals surface area (Å²) < 4.78 is 29.1. The van der Waals surface area contributed by atoms with E-state index in [1.165, 1.54) is 45.5 Å². The summed E-state index contributed by atoms with van der Waals surface area (Å²) in [5, 5.41) is 11.0. The summed E-state index contributed by atoms with van der Waals surface area (Å²) in [5.74, 6) is -0.969. The first kappa shape index (κ1) is 19.8. The second-order valence-electron chi connectivity index (χ2n) is 6.32. The highest BCUT2D eigenvalue weighted by Gasteiger charge is 2.13. The average Bonchev–Trinajstić information content (AvgIpc) is 3.16. The molecule has 2 aromatic heterocycles. The molecule has 2 heterocycles. The molecule has 1 amide bonds. The Morgan fingerprint density at radius 2 is 1.83 bits per heavy atom. The van der Waals surface area contributed by atoms with Crippen molar-refractivity contribution >= 4 is 23.3 Å². The zero-order chi connectivity index (χ0) is 21.1. The number of carbonyl (C=O) groups is 1. The molecule has 30 heavy (non-hydrogen) atoms. The van der Waals surface area contributed by atoms with Gasteiger partial charge in [0.1, 0.15) is 11.6 Å². The van der Waals surface area contributed by atoms with Gasteiger partial charge in [0.2, 0.25) is 11.6 Å². The summed E-state index contributed by atoms with van der Waals surface area (Å²) >= 11 is 1.12. The molecule has 0 radical (unpaired) electrons. The number of carbonyl (C=O) groups excluding carboxylic acids is 1. The largest absolute Gasteiger partial charge is 0.351 e. The van der Waals surface area contributed by atoms with E-state index in [1.54, 1.807) is 24.4 Å². The van der Waals surface area contributed by atoms with Gasteiger partial charge in [0.05, 0.1) is 11.4 Å². The van der Waals surface area contributed by atoms with Crippen LogP contribution in [0.5, 0.6) is 0 Å². The van der Waals surface area contributed by atoms with Crippen molar-refractivity contribution in [2.24, 2.45) is 0 Å². The smallest absolute Gasteiger partial charge is 0.300 e. The lowest BCUT2D eigenvalue weighted by Crippen LogP contribution is -2.24. The SMILES string of the molecule is O=C(CSc1nnc2c(=O)n(-c3cccc(F)c3)ccn12)NCc1ccc(F)cc1. The van der Waals surface area contributed by atoms with Crippen molar-refractivity contribution in [2.45, 2.75) is 11.7 Å². The van der Waals surface area contributed by atoms with E-state index in [0.29, 0.717) is 10.8 Å². The van der Waals surface area contributed by atoms with Gasteiger partial charge >= 0.3 is 5.56 Å². The Balaban J connectivity index is 1.45. The van der Waals surface area contributed by atoms with E-state index in [4.69, 9.17) is 0 Å². The van der Waals surface area contributed by atoms with Crippen molar-refractivity contribution in [2.75, 3.05) is 5.75 Å². The van der Waals surface area contributed by atoms with Gasteiger partial charge in [0.15, 0.2) is 5.16 Å². The van der Waals surface area contributed by atoms with Crippen molar-refractivity contribution in [1.29, 1.82) is 0 Å². The van der Waals surface area contributed by atoms with Crippen LogP contribution in [0.25, 0.3) is 11.3 Å². The highest BCUT2D eigenvalue weighted by Crippen LogP contribution is 2.16. The van der Waals surface area contributed by atoms with Crippen molar-refractivity contribution in [3.63, 3.8) is 0 Å². The highest BCUT2D eigenvalue weighted by molar-refractivity contribution is 7.99. The Morgan fingerprint density at radius 1 is 1.03 bits per heavy atom. The first-order valence-electron chi connectivity index (χ1n) is 8.87. The lowest BCUT2D eigenvalue weighted by molar-refractivity contribution is -0.118. The third-order valence-electron chi connectivity index (χ3n) is 4.26. The minimum absolute atomic E-state index is 0.0645. The summed E-state index contributed by atoms with van der Waals surface area (Å²) in [6, 6.07) is 11.5. The number of fused-ring (bicyclic) bond motifs is 1. The maximum atomic E-state index is 13.5. The number of nitrogens with zero attached hydrogens (tertiary/aromatic N) is 4. The van der Waals surface area contributed by atoms with Crippen molar-refractivity contribution in [3.8, 4) is 5.69 Å². The molecule has 0 atom stereocenters. The molecule has 0 saturated carbocycles. The highest BCUT2D eigenvalue weighted by atomic mass is 32.2. The van der Waals surface area contributed by atoms with Crippen LogP contribution in [0.1, 0.15) is 5.56 Å². The van der Waals surface area contributed by atoms with Gasteiger partial charge in [-0.05, 0) is 35.9 Å². The molecule has 0 bridgehead atoms. The number of amides is 1. The molecular weight excluding hydrogens is 412 g/mol. The fourth-order valence-corrected chi connectivity index (χ4v) is 3.52. The summed E-state index contributed by atoms with van der Waals surface area (Å²) in [6.07, 6.45) is 3.08. The number of thioether (sulfide) groups is 1. The first-order chi connectivity index (χ1) is 14.5. The van der Waals surface area contributed by atoms with E-state index >= 15 is 0 Å². The van der Waals surface area contributed by atoms with Crippen LogP contribution < -0.4 is 10.9 Å². The molecule has 0 saturated heterocycles. The lowest BCUT2D eigenvalue weighted by atomic mass is 10.2. The van der Waals surface area contributed by atoms with Gasteiger partial charge in [-0.25, -0.2) is 8.78 Å². The molecule has 0 spiro atoms. The number of hydrogen-bond donors (Lipinski definition) is 1. The van der Waals surface area contributed by atoms with Gasteiger partial charge < -0.3 is 5.32 Å². The Kier molecular flexibility index (Phi) is 5.57. The molecule has 0 aliphatic heterocycles. The predicted octanol–water partition coefficient (Wildman–Crippen LogP) is 2.57. The maximum Gasteiger partial charge on any atom is 0.300 e. The summed E-state index contributed by atoms with van der Waals surface area (Å²) in [7, 11) is 0. The third kappa shape index (κ3) is 4.23. The van der Waals surface area contributed by atoms with Gasteiger partial charge in [-0.3, -0.25) is 18.6 Å². The molecule has 2 aromatic carbocycles. The molecule has 152 valence electrons. The van der Waals surface area contributed by atoms with Crippen molar-refractivity contribution in [3.05, 3.63) is 88.5 Å². The van der Waals surface area contributed by atoms with Gasteiger partial charge in [0.25, 0.3) is 0 Å². The normalized spacial score (nSPS) is 11.0. The minimum Gasteiger partial charge on any atom is -0.351 e. The van der Waals surface area contributed by atoms with Gasteiger partial charge in [-0.2, -0.15) is 0 Å². The van der Waals surface area contributed by atoms with Gasteiger partial charge in [0, 0.05) is 18.9 Å². The number of hydrogen-bond acceptors (Lipinski definition) is 5. The summed E-state index contributed by atoms with van der Waals surface area (Å²) in [6.45, 7) is 0.276. The van der Waals surface area contributed by atoms with Crippen LogP contribution in [0.15, 0.2) is 70.9 Å². The Morgan fingerprint density at radius 3 is 2.60 bits per heavy atom. The molecule has 0 aliphatic carbocycles. The number of rotatable bonds is 6. The van der Waals surface area contributed by atoms with E-state index in [-0.39, 0.29) is 29.7 Å². The molecule has 4 rings (SSSR count).